The number of ether oxygens (including phenoxy) is 1. The van der Waals surface area contributed by atoms with Crippen LogP contribution in [0.3, 0.4) is 0 Å². The van der Waals surface area contributed by atoms with Gasteiger partial charge in [-0.15, -0.1) is 0 Å². The highest BCUT2D eigenvalue weighted by molar-refractivity contribution is 7.92. The maximum Gasteiger partial charge on any atom is 0.243 e. The zero-order valence-electron chi connectivity index (χ0n) is 14.9. The molecular weight excluding hydrogens is 378 g/mol. The molecule has 146 valence electrons. The first kappa shape index (κ1) is 20.6. The molecule has 9 heteroatoms. The quantitative estimate of drug-likeness (QED) is 0.693. The molecule has 0 aromatic heterocycles. The highest BCUT2D eigenvalue weighted by atomic mass is 32.2. The molecule has 1 N–H and O–H groups in total. The van der Waals surface area contributed by atoms with Gasteiger partial charge in [-0.2, -0.15) is 0 Å². The predicted molar refractivity (Wildman–Crippen MR) is 98.1 cm³/mol. The Morgan fingerprint density at radius 3 is 2.11 bits per heavy atom. The first-order chi connectivity index (χ1) is 12.7. The van der Waals surface area contributed by atoms with Gasteiger partial charge in [0.05, 0.1) is 18.5 Å². The van der Waals surface area contributed by atoms with Crippen molar-refractivity contribution in [2.75, 3.05) is 23.7 Å². The van der Waals surface area contributed by atoms with E-state index in [-0.39, 0.29) is 24.7 Å². The summed E-state index contributed by atoms with van der Waals surface area (Å²) >= 11 is 0. The molecule has 1 amide bonds. The highest BCUT2D eigenvalue weighted by Crippen LogP contribution is 2.21. The summed E-state index contributed by atoms with van der Waals surface area (Å²) < 4.78 is 56.4. The molecule has 0 bridgehead atoms. The number of carbonyl (C=O) groups excluding carboxylic acids is 1. The number of rotatable bonds is 8. The Balaban J connectivity index is 1.96. The number of halogens is 2. The van der Waals surface area contributed by atoms with Crippen molar-refractivity contribution in [3.63, 3.8) is 0 Å². The van der Waals surface area contributed by atoms with E-state index in [9.17, 15) is 22.0 Å². The smallest absolute Gasteiger partial charge is 0.243 e. The number of hydrogen-bond donors (Lipinski definition) is 1. The molecule has 0 saturated heterocycles. The minimum Gasteiger partial charge on any atom is -0.492 e. The molecule has 0 saturated carbocycles. The van der Waals surface area contributed by atoms with Crippen LogP contribution in [0, 0.1) is 11.6 Å². The minimum absolute atomic E-state index is 0.125. The zero-order chi connectivity index (χ0) is 20.0. The molecule has 2 rings (SSSR count). The van der Waals surface area contributed by atoms with Crippen molar-refractivity contribution >= 4 is 21.6 Å². The van der Waals surface area contributed by atoms with Crippen molar-refractivity contribution in [2.45, 2.75) is 13.0 Å². The molecule has 6 nitrogen and oxygen atoms in total. The van der Waals surface area contributed by atoms with Crippen molar-refractivity contribution in [3.8, 4) is 5.75 Å². The fraction of sp³-hybridized carbons (Fsp3) is 0.278. The van der Waals surface area contributed by atoms with E-state index in [1.165, 1.54) is 43.3 Å². The number of anilines is 1. The first-order valence-corrected chi connectivity index (χ1v) is 9.94. The lowest BCUT2D eigenvalue weighted by Crippen LogP contribution is -2.48. The Morgan fingerprint density at radius 1 is 1.07 bits per heavy atom. The zero-order valence-corrected chi connectivity index (χ0v) is 15.7. The number of sulfonamides is 1. The average Bonchev–Trinajstić information content (AvgIpc) is 2.60. The van der Waals surface area contributed by atoms with Crippen molar-refractivity contribution in [1.29, 1.82) is 0 Å². The van der Waals surface area contributed by atoms with E-state index in [4.69, 9.17) is 4.74 Å². The standard InChI is InChI=1S/C18H20F2N2O4S/c1-13(22(27(2,24)25)16-7-3-14(19)4-8-16)18(23)21-11-12-26-17-9-5-15(20)6-10-17/h3-10,13H,11-12H2,1-2H3,(H,21,23). The number of carbonyl (C=O) groups is 1. The largest absolute Gasteiger partial charge is 0.492 e. The molecular formula is C18H20F2N2O4S. The lowest BCUT2D eigenvalue weighted by Gasteiger charge is -2.28. The van der Waals surface area contributed by atoms with Crippen LogP contribution in [-0.2, 0) is 14.8 Å². The van der Waals surface area contributed by atoms with Crippen molar-refractivity contribution < 1.29 is 26.7 Å². The van der Waals surface area contributed by atoms with E-state index in [1.807, 2.05) is 0 Å². The molecule has 1 unspecified atom stereocenters. The molecule has 0 aliphatic rings. The van der Waals surface area contributed by atoms with E-state index in [1.54, 1.807) is 0 Å². The van der Waals surface area contributed by atoms with Gasteiger partial charge in [0, 0.05) is 0 Å². The van der Waals surface area contributed by atoms with Gasteiger partial charge in [0.15, 0.2) is 0 Å². The second-order valence-electron chi connectivity index (χ2n) is 5.80. The van der Waals surface area contributed by atoms with Gasteiger partial charge in [-0.3, -0.25) is 9.10 Å². The second-order valence-corrected chi connectivity index (χ2v) is 7.66. The summed E-state index contributed by atoms with van der Waals surface area (Å²) in [5.41, 5.74) is 0.184. The normalized spacial score (nSPS) is 12.3. The third-order valence-corrected chi connectivity index (χ3v) is 4.89. The first-order valence-electron chi connectivity index (χ1n) is 8.09. The Morgan fingerprint density at radius 2 is 1.59 bits per heavy atom. The summed E-state index contributed by atoms with van der Waals surface area (Å²) in [6, 6.07) is 9.19. The topological polar surface area (TPSA) is 75.7 Å². The summed E-state index contributed by atoms with van der Waals surface area (Å²) in [5, 5.41) is 2.58. The highest BCUT2D eigenvalue weighted by Gasteiger charge is 2.28. The summed E-state index contributed by atoms with van der Waals surface area (Å²) in [6.07, 6.45) is 0.970. The molecule has 0 spiro atoms. The minimum atomic E-state index is -3.77. The summed E-state index contributed by atoms with van der Waals surface area (Å²) in [6.45, 7) is 1.68. The van der Waals surface area contributed by atoms with Crippen LogP contribution in [0.15, 0.2) is 48.5 Å². The molecule has 1 atom stereocenters. The summed E-state index contributed by atoms with van der Waals surface area (Å²) in [4.78, 5) is 12.3. The van der Waals surface area contributed by atoms with Crippen molar-refractivity contribution in [1.82, 2.24) is 5.32 Å². The van der Waals surface area contributed by atoms with E-state index >= 15 is 0 Å². The lowest BCUT2D eigenvalue weighted by molar-refractivity contribution is -0.121. The van der Waals surface area contributed by atoms with Crippen molar-refractivity contribution in [3.05, 3.63) is 60.2 Å². The maximum absolute atomic E-state index is 13.1. The van der Waals surface area contributed by atoms with Crippen LogP contribution in [-0.4, -0.2) is 39.8 Å². The van der Waals surface area contributed by atoms with Gasteiger partial charge in [-0.25, -0.2) is 17.2 Å². The molecule has 2 aromatic rings. The second kappa shape index (κ2) is 8.81. The van der Waals surface area contributed by atoms with Crippen LogP contribution in [0.1, 0.15) is 6.92 Å². The third-order valence-electron chi connectivity index (χ3n) is 3.65. The molecule has 27 heavy (non-hydrogen) atoms. The van der Waals surface area contributed by atoms with Crippen LogP contribution in [0.2, 0.25) is 0 Å². The van der Waals surface area contributed by atoms with E-state index in [2.05, 4.69) is 5.32 Å². The van der Waals surface area contributed by atoms with Gasteiger partial charge in [-0.1, -0.05) is 0 Å². The summed E-state index contributed by atoms with van der Waals surface area (Å²) in [5.74, 6) is -0.983. The van der Waals surface area contributed by atoms with E-state index in [0.717, 1.165) is 22.7 Å². The molecule has 0 aliphatic carbocycles. The number of amides is 1. The molecule has 2 aromatic carbocycles. The number of benzene rings is 2. The van der Waals surface area contributed by atoms with Gasteiger partial charge in [0.2, 0.25) is 15.9 Å². The monoisotopic (exact) mass is 398 g/mol. The van der Waals surface area contributed by atoms with Crippen molar-refractivity contribution in [2.24, 2.45) is 0 Å². The van der Waals surface area contributed by atoms with Crippen LogP contribution in [0.5, 0.6) is 5.75 Å². The predicted octanol–water partition coefficient (Wildman–Crippen LogP) is 2.31. The van der Waals surface area contributed by atoms with Crippen LogP contribution >= 0.6 is 0 Å². The SMILES string of the molecule is CC(C(=O)NCCOc1ccc(F)cc1)N(c1ccc(F)cc1)S(C)(=O)=O. The van der Waals surface area contributed by atoms with E-state index < -0.39 is 27.8 Å². The number of nitrogens with zero attached hydrogens (tertiary/aromatic N) is 1. The lowest BCUT2D eigenvalue weighted by atomic mass is 10.2. The van der Waals surface area contributed by atoms with Crippen LogP contribution in [0.25, 0.3) is 0 Å². The molecule has 0 heterocycles. The van der Waals surface area contributed by atoms with Gasteiger partial charge in [-0.05, 0) is 55.5 Å². The van der Waals surface area contributed by atoms with Gasteiger partial charge >= 0.3 is 0 Å². The molecule has 0 fully saturated rings. The number of hydrogen-bond acceptors (Lipinski definition) is 4. The van der Waals surface area contributed by atoms with Gasteiger partial charge < -0.3 is 10.1 Å². The third kappa shape index (κ3) is 5.92. The molecule has 0 aliphatic heterocycles. The Kier molecular flexibility index (Phi) is 6.73. The summed E-state index contributed by atoms with van der Waals surface area (Å²) in [7, 11) is -3.77. The maximum atomic E-state index is 13.1. The Labute approximate surface area is 156 Å². The van der Waals surface area contributed by atoms with Crippen LogP contribution in [0.4, 0.5) is 14.5 Å². The van der Waals surface area contributed by atoms with Gasteiger partial charge in [0.25, 0.3) is 0 Å². The Hall–Kier alpha value is -2.68. The van der Waals surface area contributed by atoms with Gasteiger partial charge in [0.1, 0.15) is 30.0 Å². The Bertz CT molecular complexity index is 871. The molecule has 0 radical (unpaired) electrons. The van der Waals surface area contributed by atoms with E-state index in [0.29, 0.717) is 5.75 Å². The fourth-order valence-corrected chi connectivity index (χ4v) is 3.59. The van der Waals surface area contributed by atoms with Crippen LogP contribution < -0.4 is 14.4 Å². The number of nitrogens with one attached hydrogen (secondary N) is 1. The average molecular weight is 398 g/mol. The fourth-order valence-electron chi connectivity index (χ4n) is 2.42.